The number of anilines is 2. The Kier molecular flexibility index (Phi) is 3.65. The molecule has 0 unspecified atom stereocenters. The molecule has 0 spiro atoms. The van der Waals surface area contributed by atoms with Gasteiger partial charge in [-0.25, -0.2) is 4.98 Å². The molecule has 1 aromatic heterocycles. The van der Waals surface area contributed by atoms with Gasteiger partial charge < -0.3 is 11.1 Å². The zero-order valence-corrected chi connectivity index (χ0v) is 10.00. The maximum atomic E-state index is 5.76. The van der Waals surface area contributed by atoms with Crippen LogP contribution in [0.5, 0.6) is 0 Å². The van der Waals surface area contributed by atoms with Crippen LogP contribution >= 0.6 is 0 Å². The van der Waals surface area contributed by atoms with Crippen molar-refractivity contribution < 1.29 is 0 Å². The first-order valence-corrected chi connectivity index (χ1v) is 6.24. The molecule has 1 saturated carbocycles. The number of hydrogen-bond acceptors (Lipinski definition) is 3. The van der Waals surface area contributed by atoms with Crippen molar-refractivity contribution in [3.05, 3.63) is 17.8 Å². The zero-order chi connectivity index (χ0) is 11.4. The Labute approximate surface area is 97.5 Å². The zero-order valence-electron chi connectivity index (χ0n) is 10.00. The van der Waals surface area contributed by atoms with Gasteiger partial charge in [0.15, 0.2) is 0 Å². The van der Waals surface area contributed by atoms with Gasteiger partial charge >= 0.3 is 0 Å². The van der Waals surface area contributed by atoms with Crippen LogP contribution in [0.1, 0.15) is 44.1 Å². The fraction of sp³-hybridized carbons (Fsp3) is 0.615. The van der Waals surface area contributed by atoms with E-state index < -0.39 is 0 Å². The molecular formula is C13H21N3. The highest BCUT2D eigenvalue weighted by atomic mass is 15.0. The van der Waals surface area contributed by atoms with E-state index in [9.17, 15) is 0 Å². The number of nitrogens with zero attached hydrogens (tertiary/aromatic N) is 1. The molecule has 88 valence electrons. The fourth-order valence-corrected chi connectivity index (χ4v) is 2.28. The summed E-state index contributed by atoms with van der Waals surface area (Å²) in [5.74, 6) is 0.971. The third-order valence-electron chi connectivity index (χ3n) is 3.36. The second-order valence-electron chi connectivity index (χ2n) is 4.76. The minimum Gasteiger partial charge on any atom is -0.397 e. The van der Waals surface area contributed by atoms with Crippen molar-refractivity contribution in [2.24, 2.45) is 0 Å². The first-order valence-electron chi connectivity index (χ1n) is 6.24. The highest BCUT2D eigenvalue weighted by Crippen LogP contribution is 2.21. The lowest BCUT2D eigenvalue weighted by Gasteiger charge is -2.17. The van der Waals surface area contributed by atoms with Gasteiger partial charge in [-0.3, -0.25) is 0 Å². The van der Waals surface area contributed by atoms with Crippen molar-refractivity contribution >= 4 is 11.5 Å². The highest BCUT2D eigenvalue weighted by Gasteiger charge is 2.12. The molecule has 0 aromatic carbocycles. The number of hydrogen-bond donors (Lipinski definition) is 2. The Morgan fingerprint density at radius 1 is 1.25 bits per heavy atom. The Morgan fingerprint density at radius 3 is 2.56 bits per heavy atom. The monoisotopic (exact) mass is 219 g/mol. The first-order chi connectivity index (χ1) is 7.75. The molecule has 16 heavy (non-hydrogen) atoms. The summed E-state index contributed by atoms with van der Waals surface area (Å²) in [4.78, 5) is 4.33. The summed E-state index contributed by atoms with van der Waals surface area (Å²) in [5, 5.41) is 3.52. The second-order valence-corrected chi connectivity index (χ2v) is 4.76. The average molecular weight is 219 g/mol. The van der Waals surface area contributed by atoms with E-state index in [1.165, 1.54) is 38.5 Å². The molecule has 0 aliphatic heterocycles. The van der Waals surface area contributed by atoms with E-state index in [4.69, 9.17) is 5.73 Å². The topological polar surface area (TPSA) is 50.9 Å². The Hall–Kier alpha value is -1.25. The molecule has 2 rings (SSSR count). The Bertz CT molecular complexity index is 341. The molecular weight excluding hydrogens is 198 g/mol. The molecule has 0 radical (unpaired) electrons. The molecule has 0 bridgehead atoms. The summed E-state index contributed by atoms with van der Waals surface area (Å²) in [5.41, 5.74) is 7.63. The van der Waals surface area contributed by atoms with Gasteiger partial charge in [0.1, 0.15) is 5.82 Å². The molecule has 1 aliphatic carbocycles. The predicted octanol–water partition coefficient (Wildman–Crippen LogP) is 3.11. The van der Waals surface area contributed by atoms with Crippen LogP contribution in [-0.2, 0) is 0 Å². The van der Waals surface area contributed by atoms with Gasteiger partial charge in [-0.1, -0.05) is 25.7 Å². The lowest BCUT2D eigenvalue weighted by molar-refractivity contribution is 0.617. The molecule has 3 N–H and O–H groups in total. The van der Waals surface area contributed by atoms with Crippen molar-refractivity contribution in [3.8, 4) is 0 Å². The van der Waals surface area contributed by atoms with Crippen LogP contribution in [0, 0.1) is 6.92 Å². The van der Waals surface area contributed by atoms with Crippen molar-refractivity contribution in [1.82, 2.24) is 4.98 Å². The van der Waals surface area contributed by atoms with E-state index in [1.54, 1.807) is 6.20 Å². The number of nitrogens with one attached hydrogen (secondary N) is 1. The van der Waals surface area contributed by atoms with Gasteiger partial charge in [0.05, 0.1) is 11.9 Å². The SMILES string of the molecule is Cc1cc(NC2CCCCCC2)ncc1N. The molecule has 3 nitrogen and oxygen atoms in total. The van der Waals surface area contributed by atoms with Gasteiger partial charge in [0, 0.05) is 6.04 Å². The van der Waals surface area contributed by atoms with E-state index in [2.05, 4.69) is 10.3 Å². The van der Waals surface area contributed by atoms with Crippen LogP contribution < -0.4 is 11.1 Å². The minimum absolute atomic E-state index is 0.595. The summed E-state index contributed by atoms with van der Waals surface area (Å²) in [6.45, 7) is 2.02. The van der Waals surface area contributed by atoms with E-state index in [-0.39, 0.29) is 0 Å². The molecule has 1 fully saturated rings. The van der Waals surface area contributed by atoms with Crippen molar-refractivity contribution in [1.29, 1.82) is 0 Å². The van der Waals surface area contributed by atoms with Gasteiger partial charge in [-0.2, -0.15) is 0 Å². The lowest BCUT2D eigenvalue weighted by Crippen LogP contribution is -2.19. The van der Waals surface area contributed by atoms with Gasteiger partial charge in [-0.15, -0.1) is 0 Å². The van der Waals surface area contributed by atoms with Gasteiger partial charge in [0.25, 0.3) is 0 Å². The molecule has 1 aliphatic rings. The summed E-state index contributed by atoms with van der Waals surface area (Å²) in [6, 6.07) is 2.64. The summed E-state index contributed by atoms with van der Waals surface area (Å²) >= 11 is 0. The number of pyridine rings is 1. The predicted molar refractivity (Wildman–Crippen MR) is 68.5 cm³/mol. The van der Waals surface area contributed by atoms with E-state index in [1.807, 2.05) is 13.0 Å². The smallest absolute Gasteiger partial charge is 0.126 e. The summed E-state index contributed by atoms with van der Waals surface area (Å²) in [7, 11) is 0. The second kappa shape index (κ2) is 5.19. The largest absolute Gasteiger partial charge is 0.397 e. The van der Waals surface area contributed by atoms with Crippen LogP contribution in [0.3, 0.4) is 0 Å². The normalized spacial score (nSPS) is 18.1. The van der Waals surface area contributed by atoms with E-state index in [0.29, 0.717) is 6.04 Å². The lowest BCUT2D eigenvalue weighted by atomic mass is 10.1. The number of aryl methyl sites for hydroxylation is 1. The van der Waals surface area contributed by atoms with Crippen LogP contribution in [-0.4, -0.2) is 11.0 Å². The maximum Gasteiger partial charge on any atom is 0.126 e. The number of nitrogens with two attached hydrogens (primary N) is 1. The quantitative estimate of drug-likeness (QED) is 0.751. The van der Waals surface area contributed by atoms with E-state index in [0.717, 1.165) is 17.1 Å². The van der Waals surface area contributed by atoms with Crippen LogP contribution in [0.4, 0.5) is 11.5 Å². The minimum atomic E-state index is 0.595. The molecule has 3 heteroatoms. The van der Waals surface area contributed by atoms with Crippen LogP contribution in [0.15, 0.2) is 12.3 Å². The number of rotatable bonds is 2. The Balaban J connectivity index is 1.99. The summed E-state index contributed by atoms with van der Waals surface area (Å²) in [6.07, 6.45) is 9.72. The van der Waals surface area contributed by atoms with Crippen molar-refractivity contribution in [3.63, 3.8) is 0 Å². The third-order valence-corrected chi connectivity index (χ3v) is 3.36. The Morgan fingerprint density at radius 2 is 1.94 bits per heavy atom. The maximum absolute atomic E-state index is 5.76. The molecule has 1 heterocycles. The first kappa shape index (κ1) is 11.2. The van der Waals surface area contributed by atoms with Crippen LogP contribution in [0.2, 0.25) is 0 Å². The highest BCUT2D eigenvalue weighted by molar-refractivity contribution is 5.51. The fourth-order valence-electron chi connectivity index (χ4n) is 2.28. The molecule has 1 aromatic rings. The van der Waals surface area contributed by atoms with Crippen molar-refractivity contribution in [2.75, 3.05) is 11.1 Å². The molecule has 0 amide bonds. The van der Waals surface area contributed by atoms with Crippen LogP contribution in [0.25, 0.3) is 0 Å². The van der Waals surface area contributed by atoms with Gasteiger partial charge in [0.2, 0.25) is 0 Å². The van der Waals surface area contributed by atoms with E-state index >= 15 is 0 Å². The van der Waals surface area contributed by atoms with Gasteiger partial charge in [-0.05, 0) is 31.4 Å². The molecule has 0 atom stereocenters. The number of nitrogen functional groups attached to an aromatic ring is 1. The average Bonchev–Trinajstić information content (AvgIpc) is 2.52. The molecule has 0 saturated heterocycles. The van der Waals surface area contributed by atoms with Crippen molar-refractivity contribution in [2.45, 2.75) is 51.5 Å². The summed E-state index contributed by atoms with van der Waals surface area (Å²) < 4.78 is 0. The third kappa shape index (κ3) is 2.87. The standard InChI is InChI=1S/C13H21N3/c1-10-8-13(15-9-12(10)14)16-11-6-4-2-3-5-7-11/h8-9,11H,2-7,14H2,1H3,(H,15,16). The number of aromatic nitrogens is 1.